The number of carbonyl (C=O) groups excluding carboxylic acids is 1. The van der Waals surface area contributed by atoms with E-state index in [1.807, 2.05) is 0 Å². The fourth-order valence-electron chi connectivity index (χ4n) is 3.36. The van der Waals surface area contributed by atoms with E-state index in [4.69, 9.17) is 5.73 Å². The minimum absolute atomic E-state index is 0.0826. The number of pyridine rings is 1. The molecule has 1 aliphatic heterocycles. The molecule has 1 aromatic carbocycles. The van der Waals surface area contributed by atoms with E-state index in [1.165, 1.54) is 50.0 Å². The van der Waals surface area contributed by atoms with Crippen LogP contribution in [0.5, 0.6) is 0 Å². The first kappa shape index (κ1) is 19.5. The summed E-state index contributed by atoms with van der Waals surface area (Å²) in [5, 5.41) is 0. The Morgan fingerprint density at radius 3 is 2.47 bits per heavy atom. The first-order chi connectivity index (χ1) is 14.3. The van der Waals surface area contributed by atoms with Crippen molar-refractivity contribution in [2.24, 2.45) is 10.7 Å². The molecule has 2 N–H and O–H groups in total. The van der Waals surface area contributed by atoms with E-state index in [0.717, 1.165) is 17.0 Å². The Morgan fingerprint density at radius 1 is 1.07 bits per heavy atom. The number of rotatable bonds is 4. The largest absolute Gasteiger partial charge is 0.369 e. The van der Waals surface area contributed by atoms with Gasteiger partial charge >= 0.3 is 0 Å². The second-order valence-electron chi connectivity index (χ2n) is 6.60. The number of amides is 1. The highest BCUT2D eigenvalue weighted by molar-refractivity contribution is 6.09. The van der Waals surface area contributed by atoms with Crippen LogP contribution in [0.1, 0.15) is 23.2 Å². The molecule has 0 saturated heterocycles. The first-order valence-electron chi connectivity index (χ1n) is 8.79. The summed E-state index contributed by atoms with van der Waals surface area (Å²) in [4.78, 5) is 30.4. The van der Waals surface area contributed by atoms with Gasteiger partial charge in [-0.3, -0.25) is 24.6 Å². The summed E-state index contributed by atoms with van der Waals surface area (Å²) in [5.74, 6) is -1.25. The number of nitrogens with two attached hydrogens (primary N) is 1. The molecule has 7 nitrogen and oxygen atoms in total. The maximum absolute atomic E-state index is 14.6. The average Bonchev–Trinajstić information content (AvgIpc) is 2.99. The Morgan fingerprint density at radius 2 is 1.83 bits per heavy atom. The van der Waals surface area contributed by atoms with E-state index in [-0.39, 0.29) is 28.3 Å². The maximum atomic E-state index is 14.6. The highest BCUT2D eigenvalue weighted by Gasteiger charge is 2.50. The number of guanidine groups is 1. The fourth-order valence-corrected chi connectivity index (χ4v) is 3.36. The van der Waals surface area contributed by atoms with Gasteiger partial charge in [0.25, 0.3) is 12.3 Å². The first-order valence-corrected chi connectivity index (χ1v) is 8.79. The molecule has 1 unspecified atom stereocenters. The number of aromatic nitrogens is 3. The van der Waals surface area contributed by atoms with Gasteiger partial charge in [-0.2, -0.15) is 0 Å². The van der Waals surface area contributed by atoms with Crippen LogP contribution in [-0.2, 0) is 10.3 Å². The molecule has 30 heavy (non-hydrogen) atoms. The number of hydrogen-bond acceptors (Lipinski definition) is 6. The number of nitrogens with zero attached hydrogens (tertiary/aromatic N) is 5. The van der Waals surface area contributed by atoms with Gasteiger partial charge in [0.15, 0.2) is 11.5 Å². The topological polar surface area (TPSA) is 97.4 Å². The highest BCUT2D eigenvalue weighted by Crippen LogP contribution is 2.41. The average molecular weight is 412 g/mol. The van der Waals surface area contributed by atoms with Crippen LogP contribution in [0, 0.1) is 5.82 Å². The van der Waals surface area contributed by atoms with Gasteiger partial charge in [-0.25, -0.2) is 18.2 Å². The van der Waals surface area contributed by atoms with Gasteiger partial charge in [0.1, 0.15) is 11.5 Å². The third kappa shape index (κ3) is 2.97. The third-order valence-corrected chi connectivity index (χ3v) is 4.89. The summed E-state index contributed by atoms with van der Waals surface area (Å²) >= 11 is 0. The second-order valence-corrected chi connectivity index (χ2v) is 6.60. The number of hydrogen-bond donors (Lipinski definition) is 1. The zero-order valence-corrected chi connectivity index (χ0v) is 15.6. The van der Waals surface area contributed by atoms with Crippen molar-refractivity contribution in [3.8, 4) is 11.3 Å². The van der Waals surface area contributed by atoms with Crippen molar-refractivity contribution < 1.29 is 18.0 Å². The summed E-state index contributed by atoms with van der Waals surface area (Å²) in [5.41, 5.74) is 4.32. The van der Waals surface area contributed by atoms with Crippen LogP contribution < -0.4 is 5.73 Å². The normalized spacial score (nSPS) is 18.8. The van der Waals surface area contributed by atoms with Crippen LogP contribution in [-0.4, -0.2) is 38.8 Å². The number of likely N-dealkylation sites (N-methyl/N-ethyl adjacent to an activating group) is 1. The van der Waals surface area contributed by atoms with E-state index in [0.29, 0.717) is 0 Å². The van der Waals surface area contributed by atoms with Crippen LogP contribution >= 0.6 is 0 Å². The molecular formula is C20H15F3N6O. The molecule has 4 rings (SSSR count). The van der Waals surface area contributed by atoms with Crippen molar-refractivity contribution in [2.75, 3.05) is 7.05 Å². The van der Waals surface area contributed by atoms with Gasteiger partial charge in [-0.1, -0.05) is 6.07 Å². The molecule has 0 spiro atoms. The predicted octanol–water partition coefficient (Wildman–Crippen LogP) is 2.65. The summed E-state index contributed by atoms with van der Waals surface area (Å²) in [6.45, 7) is 0. The lowest BCUT2D eigenvalue weighted by Crippen LogP contribution is -2.41. The van der Waals surface area contributed by atoms with Gasteiger partial charge in [0.2, 0.25) is 0 Å². The molecule has 0 aliphatic carbocycles. The van der Waals surface area contributed by atoms with Crippen LogP contribution in [0.25, 0.3) is 11.3 Å². The van der Waals surface area contributed by atoms with Gasteiger partial charge < -0.3 is 5.73 Å². The molecular weight excluding hydrogens is 397 g/mol. The fraction of sp³-hybridized carbons (Fsp3) is 0.150. The monoisotopic (exact) mass is 412 g/mol. The molecule has 0 bridgehead atoms. The molecule has 1 atom stereocenters. The number of carbonyl (C=O) groups is 1. The summed E-state index contributed by atoms with van der Waals surface area (Å²) in [7, 11) is 1.42. The Hall–Kier alpha value is -3.82. The number of benzene rings is 1. The van der Waals surface area contributed by atoms with Crippen molar-refractivity contribution in [1.29, 1.82) is 0 Å². The van der Waals surface area contributed by atoms with Crippen molar-refractivity contribution in [3.63, 3.8) is 0 Å². The Bertz CT molecular complexity index is 1150. The molecule has 3 heterocycles. The zero-order valence-electron chi connectivity index (χ0n) is 15.6. The Kier molecular flexibility index (Phi) is 4.69. The molecule has 0 fully saturated rings. The van der Waals surface area contributed by atoms with Crippen LogP contribution in [0.4, 0.5) is 13.2 Å². The number of aliphatic imine (C=N–C) groups is 1. The lowest BCUT2D eigenvalue weighted by Gasteiger charge is -2.27. The third-order valence-electron chi connectivity index (χ3n) is 4.89. The minimum Gasteiger partial charge on any atom is -0.369 e. The van der Waals surface area contributed by atoms with E-state index in [1.54, 1.807) is 0 Å². The molecule has 2 aromatic heterocycles. The maximum Gasteiger partial charge on any atom is 0.280 e. The SMILES string of the molecule is CN1C(=O)C(c2ccnc(C(F)F)c2)(c2ccc(F)c(-c3cnccn3)c2)N=C1N. The van der Waals surface area contributed by atoms with Gasteiger partial charge in [0.05, 0.1) is 11.9 Å². The molecule has 1 aliphatic rings. The predicted molar refractivity (Wildman–Crippen MR) is 102 cm³/mol. The zero-order chi connectivity index (χ0) is 21.5. The van der Waals surface area contributed by atoms with Crippen LogP contribution in [0.15, 0.2) is 60.1 Å². The van der Waals surface area contributed by atoms with E-state index >= 15 is 0 Å². The van der Waals surface area contributed by atoms with Crippen LogP contribution in [0.3, 0.4) is 0 Å². The van der Waals surface area contributed by atoms with Gasteiger partial charge in [0, 0.05) is 31.2 Å². The van der Waals surface area contributed by atoms with Crippen molar-refractivity contribution >= 4 is 11.9 Å². The van der Waals surface area contributed by atoms with Crippen molar-refractivity contribution in [1.82, 2.24) is 19.9 Å². The van der Waals surface area contributed by atoms with Crippen LogP contribution in [0.2, 0.25) is 0 Å². The molecule has 3 aromatic rings. The highest BCUT2D eigenvalue weighted by atomic mass is 19.3. The number of halogens is 3. The van der Waals surface area contributed by atoms with Gasteiger partial charge in [-0.05, 0) is 35.4 Å². The molecule has 0 saturated carbocycles. The molecule has 1 amide bonds. The Labute approximate surface area is 169 Å². The van der Waals surface area contributed by atoms with E-state index < -0.39 is 29.4 Å². The molecule has 10 heteroatoms. The lowest BCUT2D eigenvalue weighted by atomic mass is 9.82. The summed E-state index contributed by atoms with van der Waals surface area (Å²) in [6.07, 6.45) is 2.54. The van der Waals surface area contributed by atoms with E-state index in [9.17, 15) is 18.0 Å². The van der Waals surface area contributed by atoms with E-state index in [2.05, 4.69) is 19.9 Å². The minimum atomic E-state index is -2.85. The summed E-state index contributed by atoms with van der Waals surface area (Å²) < 4.78 is 41.1. The number of alkyl halides is 2. The quantitative estimate of drug-likeness (QED) is 0.711. The molecule has 152 valence electrons. The standard InChI is InChI=1S/C20H15F3N6O/c1-29-18(30)20(28-19(29)24,12-4-5-26-15(9-12)17(22)23)11-2-3-14(21)13(8-11)16-10-25-6-7-27-16/h2-10,17H,1H3,(H2,24,28). The second kappa shape index (κ2) is 7.21. The van der Waals surface area contributed by atoms with Crippen molar-refractivity contribution in [2.45, 2.75) is 12.0 Å². The lowest BCUT2D eigenvalue weighted by molar-refractivity contribution is -0.129. The van der Waals surface area contributed by atoms with Crippen molar-refractivity contribution in [3.05, 3.63) is 77.8 Å². The smallest absolute Gasteiger partial charge is 0.280 e. The molecule has 0 radical (unpaired) electrons. The Balaban J connectivity index is 1.98. The summed E-state index contributed by atoms with van der Waals surface area (Å²) in [6, 6.07) is 6.43. The van der Waals surface area contributed by atoms with Gasteiger partial charge in [-0.15, -0.1) is 0 Å².